The van der Waals surface area contributed by atoms with E-state index in [0.717, 1.165) is 18.8 Å². The van der Waals surface area contributed by atoms with Crippen LogP contribution in [0.5, 0.6) is 0 Å². The molecule has 0 radical (unpaired) electrons. The van der Waals surface area contributed by atoms with E-state index in [4.69, 9.17) is 17.6 Å². The van der Waals surface area contributed by atoms with Crippen molar-refractivity contribution in [2.45, 2.75) is 6.92 Å². The van der Waals surface area contributed by atoms with Crippen molar-refractivity contribution in [3.8, 4) is 0 Å². The molecular formula is C6H11N3S2. The van der Waals surface area contributed by atoms with Gasteiger partial charge >= 0.3 is 0 Å². The quantitative estimate of drug-likeness (QED) is 0.600. The predicted molar refractivity (Wildman–Crippen MR) is 53.2 cm³/mol. The summed E-state index contributed by atoms with van der Waals surface area (Å²) >= 11 is 6.59. The number of thioether (sulfide) groups is 1. The Labute approximate surface area is 76.0 Å². The van der Waals surface area contributed by atoms with Crippen LogP contribution in [-0.4, -0.2) is 34.0 Å². The molecule has 0 aromatic carbocycles. The molecule has 0 saturated carbocycles. The van der Waals surface area contributed by atoms with Crippen molar-refractivity contribution < 1.29 is 0 Å². The SMILES string of the molecule is CCNC(=S)N1CCSC1=N. The molecule has 1 fully saturated rings. The maximum absolute atomic E-state index is 7.48. The number of hydrogen-bond donors (Lipinski definition) is 2. The summed E-state index contributed by atoms with van der Waals surface area (Å²) in [6, 6.07) is 0. The van der Waals surface area contributed by atoms with Crippen LogP contribution in [0, 0.1) is 5.41 Å². The molecule has 0 aliphatic carbocycles. The van der Waals surface area contributed by atoms with Crippen LogP contribution in [0.4, 0.5) is 0 Å². The van der Waals surface area contributed by atoms with E-state index in [2.05, 4.69) is 5.32 Å². The van der Waals surface area contributed by atoms with Crippen LogP contribution in [-0.2, 0) is 0 Å². The van der Waals surface area contributed by atoms with Gasteiger partial charge in [0, 0.05) is 18.8 Å². The number of amidine groups is 1. The van der Waals surface area contributed by atoms with Crippen molar-refractivity contribution in [1.82, 2.24) is 10.2 Å². The molecule has 62 valence electrons. The molecule has 0 unspecified atom stereocenters. The van der Waals surface area contributed by atoms with Crippen molar-refractivity contribution in [2.24, 2.45) is 0 Å². The van der Waals surface area contributed by atoms with Gasteiger partial charge in [0.05, 0.1) is 0 Å². The van der Waals surface area contributed by atoms with Gasteiger partial charge in [-0.2, -0.15) is 0 Å². The molecule has 0 aromatic rings. The van der Waals surface area contributed by atoms with Crippen molar-refractivity contribution in [3.05, 3.63) is 0 Å². The first kappa shape index (κ1) is 8.80. The molecule has 5 heteroatoms. The van der Waals surface area contributed by atoms with Gasteiger partial charge in [0.1, 0.15) is 0 Å². The van der Waals surface area contributed by atoms with Gasteiger partial charge < -0.3 is 5.32 Å². The zero-order chi connectivity index (χ0) is 8.27. The van der Waals surface area contributed by atoms with Gasteiger partial charge in [-0.3, -0.25) is 10.3 Å². The normalized spacial score (nSPS) is 17.2. The summed E-state index contributed by atoms with van der Waals surface area (Å²) < 4.78 is 0. The van der Waals surface area contributed by atoms with Crippen molar-refractivity contribution in [3.63, 3.8) is 0 Å². The van der Waals surface area contributed by atoms with E-state index in [0.29, 0.717) is 10.3 Å². The van der Waals surface area contributed by atoms with E-state index in [1.165, 1.54) is 0 Å². The second-order valence-electron chi connectivity index (χ2n) is 2.14. The van der Waals surface area contributed by atoms with Gasteiger partial charge in [-0.05, 0) is 19.1 Å². The third-order valence-corrected chi connectivity index (χ3v) is 2.62. The van der Waals surface area contributed by atoms with E-state index in [9.17, 15) is 0 Å². The third-order valence-electron chi connectivity index (χ3n) is 1.37. The predicted octanol–water partition coefficient (Wildman–Crippen LogP) is 0.864. The second-order valence-corrected chi connectivity index (χ2v) is 3.61. The molecule has 0 aromatic heterocycles. The van der Waals surface area contributed by atoms with E-state index in [-0.39, 0.29) is 0 Å². The molecule has 0 amide bonds. The lowest BCUT2D eigenvalue weighted by Crippen LogP contribution is -2.39. The summed E-state index contributed by atoms with van der Waals surface area (Å²) in [5, 5.41) is 11.7. The summed E-state index contributed by atoms with van der Waals surface area (Å²) in [4.78, 5) is 1.82. The molecule has 1 aliphatic rings. The zero-order valence-electron chi connectivity index (χ0n) is 6.39. The lowest BCUT2D eigenvalue weighted by molar-refractivity contribution is 0.652. The molecule has 1 heterocycles. The molecule has 0 atom stereocenters. The molecule has 3 nitrogen and oxygen atoms in total. The first-order chi connectivity index (χ1) is 5.25. The van der Waals surface area contributed by atoms with Gasteiger partial charge in [0.15, 0.2) is 10.3 Å². The summed E-state index contributed by atoms with van der Waals surface area (Å²) in [6.45, 7) is 3.70. The maximum Gasteiger partial charge on any atom is 0.175 e. The Morgan fingerprint density at radius 3 is 3.09 bits per heavy atom. The Bertz CT molecular complexity index is 181. The minimum Gasteiger partial charge on any atom is -0.363 e. The summed E-state index contributed by atoms with van der Waals surface area (Å²) in [5.41, 5.74) is 0. The Morgan fingerprint density at radius 2 is 2.64 bits per heavy atom. The first-order valence-electron chi connectivity index (χ1n) is 3.52. The van der Waals surface area contributed by atoms with Crippen LogP contribution in [0.3, 0.4) is 0 Å². The van der Waals surface area contributed by atoms with Crippen LogP contribution >= 0.6 is 24.0 Å². The molecule has 11 heavy (non-hydrogen) atoms. The van der Waals surface area contributed by atoms with Crippen LogP contribution in [0.25, 0.3) is 0 Å². The molecular weight excluding hydrogens is 178 g/mol. The molecule has 2 N–H and O–H groups in total. The minimum absolute atomic E-state index is 0.566. The van der Waals surface area contributed by atoms with E-state index >= 15 is 0 Å². The molecule has 1 aliphatic heterocycles. The highest BCUT2D eigenvalue weighted by atomic mass is 32.2. The highest BCUT2D eigenvalue weighted by molar-refractivity contribution is 8.14. The Balaban J connectivity index is 2.46. The van der Waals surface area contributed by atoms with Crippen LogP contribution in [0.15, 0.2) is 0 Å². The van der Waals surface area contributed by atoms with Gasteiger partial charge in [0.2, 0.25) is 0 Å². The molecule has 0 spiro atoms. The second kappa shape index (κ2) is 3.92. The topological polar surface area (TPSA) is 39.1 Å². The van der Waals surface area contributed by atoms with Crippen molar-refractivity contribution in [2.75, 3.05) is 18.8 Å². The highest BCUT2D eigenvalue weighted by Gasteiger charge is 2.20. The highest BCUT2D eigenvalue weighted by Crippen LogP contribution is 2.15. The monoisotopic (exact) mass is 189 g/mol. The number of nitrogens with zero attached hydrogens (tertiary/aromatic N) is 1. The molecule has 1 saturated heterocycles. The number of thiocarbonyl (C=S) groups is 1. The average molecular weight is 189 g/mol. The number of hydrogen-bond acceptors (Lipinski definition) is 3. The summed E-state index contributed by atoms with van der Waals surface area (Å²) in [6.07, 6.45) is 0. The fourth-order valence-corrected chi connectivity index (χ4v) is 2.04. The number of rotatable bonds is 1. The maximum atomic E-state index is 7.48. The smallest absolute Gasteiger partial charge is 0.175 e. The average Bonchev–Trinajstić information content (AvgIpc) is 2.36. The largest absolute Gasteiger partial charge is 0.363 e. The van der Waals surface area contributed by atoms with Gasteiger partial charge in [-0.15, -0.1) is 0 Å². The van der Waals surface area contributed by atoms with E-state index in [1.54, 1.807) is 11.8 Å². The fourth-order valence-electron chi connectivity index (χ4n) is 0.853. The first-order valence-corrected chi connectivity index (χ1v) is 4.91. The van der Waals surface area contributed by atoms with Crippen molar-refractivity contribution in [1.29, 1.82) is 5.41 Å². The van der Waals surface area contributed by atoms with E-state index in [1.807, 2.05) is 11.8 Å². The van der Waals surface area contributed by atoms with Gasteiger partial charge in [-0.25, -0.2) is 0 Å². The minimum atomic E-state index is 0.566. The van der Waals surface area contributed by atoms with Crippen molar-refractivity contribution >= 4 is 34.3 Å². The standard InChI is InChI=1S/C6H11N3S2/c1-2-8-6(10)9-3-4-11-5(9)7/h7H,2-4H2,1H3,(H,8,10). The molecule has 1 rings (SSSR count). The van der Waals surface area contributed by atoms with E-state index < -0.39 is 0 Å². The lowest BCUT2D eigenvalue weighted by Gasteiger charge is -2.17. The fraction of sp³-hybridized carbons (Fsp3) is 0.667. The van der Waals surface area contributed by atoms with Gasteiger partial charge in [-0.1, -0.05) is 11.8 Å². The zero-order valence-corrected chi connectivity index (χ0v) is 8.02. The Morgan fingerprint density at radius 1 is 1.91 bits per heavy atom. The number of nitrogens with one attached hydrogen (secondary N) is 2. The lowest BCUT2D eigenvalue weighted by atomic mass is 10.6. The Kier molecular flexibility index (Phi) is 3.14. The van der Waals surface area contributed by atoms with Crippen LogP contribution in [0.2, 0.25) is 0 Å². The molecule has 0 bridgehead atoms. The van der Waals surface area contributed by atoms with Crippen LogP contribution in [0.1, 0.15) is 6.92 Å². The summed E-state index contributed by atoms with van der Waals surface area (Å²) in [7, 11) is 0. The summed E-state index contributed by atoms with van der Waals surface area (Å²) in [5.74, 6) is 0.977. The van der Waals surface area contributed by atoms with Crippen LogP contribution < -0.4 is 5.32 Å². The third kappa shape index (κ3) is 2.07. The van der Waals surface area contributed by atoms with Gasteiger partial charge in [0.25, 0.3) is 0 Å². The Hall–Kier alpha value is -0.290.